The van der Waals surface area contributed by atoms with Crippen LogP contribution in [0.4, 0.5) is 0 Å². The van der Waals surface area contributed by atoms with Gasteiger partial charge in [0.15, 0.2) is 0 Å². The highest BCUT2D eigenvalue weighted by Crippen LogP contribution is 2.26. The number of rotatable bonds is 3. The molecule has 3 rings (SSSR count). The molecule has 1 N–H and O–H groups in total. The van der Waals surface area contributed by atoms with Gasteiger partial charge in [-0.1, -0.05) is 29.8 Å². The quantitative estimate of drug-likeness (QED) is 0.806. The van der Waals surface area contributed by atoms with E-state index in [0.29, 0.717) is 17.1 Å². The van der Waals surface area contributed by atoms with Crippen molar-refractivity contribution in [3.63, 3.8) is 0 Å². The van der Waals surface area contributed by atoms with Crippen molar-refractivity contribution in [2.24, 2.45) is 7.05 Å². The molecule has 1 atom stereocenters. The largest absolute Gasteiger partial charge is 0.386 e. The number of nitrogens with zero attached hydrogens (tertiary/aromatic N) is 3. The summed E-state index contributed by atoms with van der Waals surface area (Å²) in [4.78, 5) is 4.14. The summed E-state index contributed by atoms with van der Waals surface area (Å²) < 4.78 is 1.82. The molecule has 0 amide bonds. The Kier molecular flexibility index (Phi) is 3.42. The zero-order valence-electron chi connectivity index (χ0n) is 11.0. The molecule has 1 unspecified atom stereocenters. The van der Waals surface area contributed by atoms with E-state index in [9.17, 15) is 5.11 Å². The van der Waals surface area contributed by atoms with Crippen LogP contribution in [0.1, 0.15) is 17.5 Å². The molecule has 20 heavy (non-hydrogen) atoms. The molecule has 3 aromatic rings. The number of halogens is 1. The van der Waals surface area contributed by atoms with Crippen LogP contribution < -0.4 is 0 Å². The maximum atomic E-state index is 10.3. The van der Waals surface area contributed by atoms with Crippen molar-refractivity contribution in [1.29, 1.82) is 0 Å². The Balaban J connectivity index is 1.96. The average molecular weight is 288 g/mol. The van der Waals surface area contributed by atoms with E-state index >= 15 is 0 Å². The molecule has 2 heterocycles. The molecule has 0 fully saturated rings. The highest BCUT2D eigenvalue weighted by molar-refractivity contribution is 6.31. The standard InChI is InChI=1S/C15H14ClN3O/c1-19-13-7-3-2-5-10(13)12(18-19)9-14(20)15-11(16)6-4-8-17-15/h2-8,14,20H,9H2,1H3. The van der Waals surface area contributed by atoms with Gasteiger partial charge < -0.3 is 5.11 Å². The van der Waals surface area contributed by atoms with E-state index in [1.807, 2.05) is 36.0 Å². The molecule has 2 aromatic heterocycles. The molecule has 0 aliphatic heterocycles. The lowest BCUT2D eigenvalue weighted by Gasteiger charge is -2.10. The van der Waals surface area contributed by atoms with Crippen LogP contribution in [0.5, 0.6) is 0 Å². The molecule has 0 spiro atoms. The fourth-order valence-corrected chi connectivity index (χ4v) is 2.61. The molecule has 0 aliphatic carbocycles. The van der Waals surface area contributed by atoms with E-state index < -0.39 is 6.10 Å². The highest BCUT2D eigenvalue weighted by atomic mass is 35.5. The molecule has 4 nitrogen and oxygen atoms in total. The first-order chi connectivity index (χ1) is 9.66. The van der Waals surface area contributed by atoms with Gasteiger partial charge in [0, 0.05) is 25.1 Å². The third kappa shape index (κ3) is 2.28. The Bertz CT molecular complexity index is 754. The van der Waals surface area contributed by atoms with Crippen LogP contribution in [0.3, 0.4) is 0 Å². The Morgan fingerprint density at radius 3 is 2.85 bits per heavy atom. The number of para-hydroxylation sites is 1. The molecule has 0 bridgehead atoms. The third-order valence-electron chi connectivity index (χ3n) is 3.32. The number of hydrogen-bond acceptors (Lipinski definition) is 3. The van der Waals surface area contributed by atoms with Gasteiger partial charge in [-0.05, 0) is 18.2 Å². The van der Waals surface area contributed by atoms with Gasteiger partial charge in [-0.3, -0.25) is 9.67 Å². The van der Waals surface area contributed by atoms with Crippen LogP contribution in [0.2, 0.25) is 5.02 Å². The molecule has 5 heteroatoms. The number of aliphatic hydroxyl groups excluding tert-OH is 1. The van der Waals surface area contributed by atoms with Gasteiger partial charge in [-0.15, -0.1) is 0 Å². The molecule has 0 saturated carbocycles. The molecule has 1 aromatic carbocycles. The topological polar surface area (TPSA) is 50.9 Å². The lowest BCUT2D eigenvalue weighted by molar-refractivity contribution is 0.172. The van der Waals surface area contributed by atoms with Crippen LogP contribution in [0.25, 0.3) is 10.9 Å². The molecule has 102 valence electrons. The van der Waals surface area contributed by atoms with Crippen LogP contribution >= 0.6 is 11.6 Å². The lowest BCUT2D eigenvalue weighted by Crippen LogP contribution is -2.06. The summed E-state index contributed by atoms with van der Waals surface area (Å²) in [7, 11) is 1.89. The third-order valence-corrected chi connectivity index (χ3v) is 3.64. The smallest absolute Gasteiger partial charge is 0.103 e. The number of aromatic nitrogens is 3. The zero-order valence-corrected chi connectivity index (χ0v) is 11.7. The number of benzene rings is 1. The number of fused-ring (bicyclic) bond motifs is 1. The Labute approximate surface area is 121 Å². The van der Waals surface area contributed by atoms with Gasteiger partial charge in [-0.2, -0.15) is 5.10 Å². The summed E-state index contributed by atoms with van der Waals surface area (Å²) in [5, 5.41) is 16.3. The summed E-state index contributed by atoms with van der Waals surface area (Å²) >= 11 is 6.06. The summed E-state index contributed by atoms with van der Waals surface area (Å²) in [6.45, 7) is 0. The summed E-state index contributed by atoms with van der Waals surface area (Å²) in [5.74, 6) is 0. The summed E-state index contributed by atoms with van der Waals surface area (Å²) in [6.07, 6.45) is 1.25. The van der Waals surface area contributed by atoms with E-state index in [1.165, 1.54) is 0 Å². The first-order valence-electron chi connectivity index (χ1n) is 6.36. The number of aryl methyl sites for hydroxylation is 1. The molecule has 0 saturated heterocycles. The molecular weight excluding hydrogens is 274 g/mol. The number of aliphatic hydroxyl groups is 1. The Morgan fingerprint density at radius 1 is 1.25 bits per heavy atom. The van der Waals surface area contributed by atoms with Crippen molar-refractivity contribution in [2.75, 3.05) is 0 Å². The minimum absolute atomic E-state index is 0.387. The van der Waals surface area contributed by atoms with Gasteiger partial charge in [0.1, 0.15) is 6.10 Å². The zero-order chi connectivity index (χ0) is 14.1. The van der Waals surface area contributed by atoms with Crippen LogP contribution in [-0.4, -0.2) is 19.9 Å². The first-order valence-corrected chi connectivity index (χ1v) is 6.73. The lowest BCUT2D eigenvalue weighted by atomic mass is 10.1. The van der Waals surface area contributed by atoms with Crippen molar-refractivity contribution >= 4 is 22.5 Å². The van der Waals surface area contributed by atoms with Gasteiger partial charge in [0.25, 0.3) is 0 Å². The van der Waals surface area contributed by atoms with Crippen LogP contribution in [0.15, 0.2) is 42.6 Å². The van der Waals surface area contributed by atoms with E-state index in [-0.39, 0.29) is 0 Å². The summed E-state index contributed by atoms with van der Waals surface area (Å²) in [6, 6.07) is 11.4. The van der Waals surface area contributed by atoms with Gasteiger partial charge in [-0.25, -0.2) is 0 Å². The second kappa shape index (κ2) is 5.23. The maximum Gasteiger partial charge on any atom is 0.103 e. The molecule has 0 radical (unpaired) electrons. The minimum atomic E-state index is -0.762. The fourth-order valence-electron chi connectivity index (χ4n) is 2.36. The number of pyridine rings is 1. The molecule has 0 aliphatic rings. The Hall–Kier alpha value is -1.91. The normalized spacial score (nSPS) is 12.8. The van der Waals surface area contributed by atoms with Gasteiger partial charge in [0.05, 0.1) is 21.9 Å². The molecular formula is C15H14ClN3O. The second-order valence-corrected chi connectivity index (χ2v) is 5.09. The average Bonchev–Trinajstić information content (AvgIpc) is 2.76. The Morgan fingerprint density at radius 2 is 2.05 bits per heavy atom. The van der Waals surface area contributed by atoms with Crippen molar-refractivity contribution < 1.29 is 5.11 Å². The van der Waals surface area contributed by atoms with Gasteiger partial charge in [0.2, 0.25) is 0 Å². The number of hydrogen-bond donors (Lipinski definition) is 1. The monoisotopic (exact) mass is 287 g/mol. The van der Waals surface area contributed by atoms with Crippen LogP contribution in [-0.2, 0) is 13.5 Å². The maximum absolute atomic E-state index is 10.3. The van der Waals surface area contributed by atoms with E-state index in [4.69, 9.17) is 11.6 Å². The van der Waals surface area contributed by atoms with Gasteiger partial charge >= 0.3 is 0 Å². The fraction of sp³-hybridized carbons (Fsp3) is 0.200. The van der Waals surface area contributed by atoms with Crippen molar-refractivity contribution in [3.8, 4) is 0 Å². The predicted octanol–water partition coefficient (Wildman–Crippen LogP) is 2.90. The highest BCUT2D eigenvalue weighted by Gasteiger charge is 2.17. The van der Waals surface area contributed by atoms with Crippen molar-refractivity contribution in [1.82, 2.24) is 14.8 Å². The van der Waals surface area contributed by atoms with Crippen molar-refractivity contribution in [2.45, 2.75) is 12.5 Å². The first kappa shape index (κ1) is 13.1. The van der Waals surface area contributed by atoms with Crippen LogP contribution in [0, 0.1) is 0 Å². The van der Waals surface area contributed by atoms with E-state index in [2.05, 4.69) is 10.1 Å². The second-order valence-electron chi connectivity index (χ2n) is 4.68. The SMILES string of the molecule is Cn1nc(CC(O)c2ncccc2Cl)c2ccccc21. The summed E-state index contributed by atoms with van der Waals surface area (Å²) in [5.41, 5.74) is 2.38. The van der Waals surface area contributed by atoms with E-state index in [1.54, 1.807) is 18.3 Å². The van der Waals surface area contributed by atoms with Crippen molar-refractivity contribution in [3.05, 3.63) is 59.0 Å². The predicted molar refractivity (Wildman–Crippen MR) is 78.6 cm³/mol. The van der Waals surface area contributed by atoms with E-state index in [0.717, 1.165) is 16.6 Å². The minimum Gasteiger partial charge on any atom is -0.386 e.